The van der Waals surface area contributed by atoms with Crippen molar-refractivity contribution in [1.82, 2.24) is 0 Å². The first-order valence-electron chi connectivity index (χ1n) is 32.3. The van der Waals surface area contributed by atoms with Crippen LogP contribution in [0.1, 0.15) is 361 Å². The van der Waals surface area contributed by atoms with Gasteiger partial charge in [0.25, 0.3) is 0 Å². The van der Waals surface area contributed by atoms with Gasteiger partial charge in [0.05, 0.1) is 0 Å². The van der Waals surface area contributed by atoms with Gasteiger partial charge in [0.1, 0.15) is 13.2 Å². The average Bonchev–Trinajstić information content (AvgIpc) is 3.38. The number of carbonyl (C=O) groups excluding carboxylic acids is 3. The van der Waals surface area contributed by atoms with Crippen LogP contribution in [0.5, 0.6) is 0 Å². The predicted octanol–water partition coefficient (Wildman–Crippen LogP) is 21.8. The molecule has 0 fully saturated rings. The number of hydrogen-bond donors (Lipinski definition) is 0. The quantitative estimate of drug-likeness (QED) is 0.0261. The molecule has 0 aliphatic heterocycles. The van der Waals surface area contributed by atoms with Crippen LogP contribution in [0.3, 0.4) is 0 Å². The lowest BCUT2D eigenvalue weighted by Gasteiger charge is -2.18. The van der Waals surface area contributed by atoms with Gasteiger partial charge in [0.2, 0.25) is 0 Å². The van der Waals surface area contributed by atoms with Crippen LogP contribution >= 0.6 is 0 Å². The third-order valence-electron chi connectivity index (χ3n) is 14.7. The summed E-state index contributed by atoms with van der Waals surface area (Å²) in [5.74, 6) is -0.841. The van der Waals surface area contributed by atoms with Crippen LogP contribution in [0.15, 0.2) is 24.3 Å². The van der Waals surface area contributed by atoms with Gasteiger partial charge in [-0.05, 0) is 51.4 Å². The normalized spacial score (nSPS) is 12.1. The Morgan fingerprint density at radius 1 is 0.278 bits per heavy atom. The van der Waals surface area contributed by atoms with Gasteiger partial charge < -0.3 is 14.2 Å². The van der Waals surface area contributed by atoms with Crippen molar-refractivity contribution in [2.24, 2.45) is 0 Å². The van der Waals surface area contributed by atoms with Crippen LogP contribution in [0.25, 0.3) is 0 Å². The van der Waals surface area contributed by atoms with Crippen molar-refractivity contribution in [1.29, 1.82) is 0 Å². The number of esters is 3. The van der Waals surface area contributed by atoms with E-state index in [1.807, 2.05) is 0 Å². The molecule has 0 saturated carbocycles. The molecule has 6 heteroatoms. The maximum absolute atomic E-state index is 12.9. The Morgan fingerprint density at radius 2 is 0.500 bits per heavy atom. The van der Waals surface area contributed by atoms with Crippen molar-refractivity contribution in [3.05, 3.63) is 24.3 Å². The Bertz CT molecular complexity index is 1160. The van der Waals surface area contributed by atoms with E-state index in [0.29, 0.717) is 19.3 Å². The highest BCUT2D eigenvalue weighted by molar-refractivity contribution is 5.71. The highest BCUT2D eigenvalue weighted by Gasteiger charge is 2.19. The van der Waals surface area contributed by atoms with Gasteiger partial charge in [0.15, 0.2) is 6.10 Å². The molecule has 0 aromatic heterocycles. The number of unbranched alkanes of at least 4 members (excludes halogenated alkanes) is 45. The molecule has 0 spiro atoms. The van der Waals surface area contributed by atoms with E-state index in [0.717, 1.165) is 64.2 Å². The zero-order valence-corrected chi connectivity index (χ0v) is 48.7. The Balaban J connectivity index is 4.31. The number of allylic oxidation sites excluding steroid dienone is 4. The molecule has 72 heavy (non-hydrogen) atoms. The van der Waals surface area contributed by atoms with Crippen LogP contribution in [-0.4, -0.2) is 37.2 Å². The molecule has 0 aliphatic rings. The van der Waals surface area contributed by atoms with Crippen molar-refractivity contribution in [2.45, 2.75) is 367 Å². The zero-order chi connectivity index (χ0) is 52.2. The number of rotatable bonds is 60. The summed E-state index contributed by atoms with van der Waals surface area (Å²) in [5, 5.41) is 0. The third-order valence-corrected chi connectivity index (χ3v) is 14.7. The number of hydrogen-bond acceptors (Lipinski definition) is 6. The Kier molecular flexibility index (Phi) is 59.6. The molecule has 0 aromatic rings. The highest BCUT2D eigenvalue weighted by atomic mass is 16.6. The first-order chi connectivity index (χ1) is 35.5. The lowest BCUT2D eigenvalue weighted by atomic mass is 10.0. The molecule has 424 valence electrons. The first kappa shape index (κ1) is 69.9. The van der Waals surface area contributed by atoms with Gasteiger partial charge in [0, 0.05) is 19.3 Å². The molecule has 0 N–H and O–H groups in total. The van der Waals surface area contributed by atoms with Gasteiger partial charge in [-0.1, -0.05) is 315 Å². The molecule has 0 radical (unpaired) electrons. The molecule has 0 bridgehead atoms. The second-order valence-corrected chi connectivity index (χ2v) is 22.0. The first-order valence-corrected chi connectivity index (χ1v) is 32.3. The minimum absolute atomic E-state index is 0.0660. The van der Waals surface area contributed by atoms with Crippen molar-refractivity contribution in [2.75, 3.05) is 13.2 Å². The minimum atomic E-state index is -0.769. The zero-order valence-electron chi connectivity index (χ0n) is 48.7. The van der Waals surface area contributed by atoms with Gasteiger partial charge in [-0.25, -0.2) is 0 Å². The maximum atomic E-state index is 12.9. The van der Waals surface area contributed by atoms with Gasteiger partial charge in [-0.2, -0.15) is 0 Å². The number of ether oxygens (including phenoxy) is 3. The monoisotopic (exact) mass is 1010 g/mol. The van der Waals surface area contributed by atoms with Crippen molar-refractivity contribution in [3.63, 3.8) is 0 Å². The van der Waals surface area contributed by atoms with E-state index < -0.39 is 6.10 Å². The Morgan fingerprint density at radius 3 is 0.792 bits per heavy atom. The second kappa shape index (κ2) is 61.4. The van der Waals surface area contributed by atoms with Crippen molar-refractivity contribution in [3.8, 4) is 0 Å². The lowest BCUT2D eigenvalue weighted by molar-refractivity contribution is -0.167. The Labute approximate surface area is 449 Å². The van der Waals surface area contributed by atoms with Crippen LogP contribution in [-0.2, 0) is 28.6 Å². The summed E-state index contributed by atoms with van der Waals surface area (Å²) in [7, 11) is 0. The van der Waals surface area contributed by atoms with E-state index >= 15 is 0 Å². The fourth-order valence-corrected chi connectivity index (χ4v) is 9.83. The average molecular weight is 1010 g/mol. The maximum Gasteiger partial charge on any atom is 0.306 e. The predicted molar refractivity (Wildman–Crippen MR) is 312 cm³/mol. The molecular weight excluding hydrogens is 889 g/mol. The fourth-order valence-electron chi connectivity index (χ4n) is 9.83. The summed E-state index contributed by atoms with van der Waals surface area (Å²) in [6, 6.07) is 0. The van der Waals surface area contributed by atoms with E-state index in [2.05, 4.69) is 45.1 Å². The second-order valence-electron chi connectivity index (χ2n) is 22.0. The molecule has 1 unspecified atom stereocenters. The lowest BCUT2D eigenvalue weighted by Crippen LogP contribution is -2.30. The summed E-state index contributed by atoms with van der Waals surface area (Å²) in [4.78, 5) is 38.3. The summed E-state index contributed by atoms with van der Waals surface area (Å²) in [6.07, 6.45) is 73.2. The Hall–Kier alpha value is -2.11. The summed E-state index contributed by atoms with van der Waals surface area (Å²) in [5.41, 5.74) is 0. The summed E-state index contributed by atoms with van der Waals surface area (Å²) in [6.45, 7) is 6.69. The van der Waals surface area contributed by atoms with Crippen LogP contribution in [0.2, 0.25) is 0 Å². The minimum Gasteiger partial charge on any atom is -0.462 e. The van der Waals surface area contributed by atoms with Crippen LogP contribution < -0.4 is 0 Å². The molecule has 0 amide bonds. The van der Waals surface area contributed by atoms with Gasteiger partial charge >= 0.3 is 17.9 Å². The summed E-state index contributed by atoms with van der Waals surface area (Å²) >= 11 is 0. The molecule has 0 heterocycles. The van der Waals surface area contributed by atoms with E-state index in [9.17, 15) is 14.4 Å². The van der Waals surface area contributed by atoms with Gasteiger partial charge in [-0.3, -0.25) is 14.4 Å². The van der Waals surface area contributed by atoms with Gasteiger partial charge in [-0.15, -0.1) is 0 Å². The van der Waals surface area contributed by atoms with Crippen molar-refractivity contribution >= 4 is 17.9 Å². The molecule has 0 saturated heterocycles. The highest BCUT2D eigenvalue weighted by Crippen LogP contribution is 2.18. The number of carbonyl (C=O) groups is 3. The molecule has 0 aliphatic carbocycles. The largest absolute Gasteiger partial charge is 0.462 e. The SMILES string of the molecule is CCCCC/C=C\C/C=C\CCCCCCCCCCCC(=O)OCC(COC(=O)CCCCCCCCCCCCCCCCCC)OC(=O)CCCCCCCCCCCCCCCCCCCCC. The molecule has 0 aromatic carbocycles. The standard InChI is InChI=1S/C66H124O6/c1-4-7-10-13-16-19-22-25-28-31-33-35-38-41-44-47-50-53-56-59-65(68)71-62-63(61-70-64(67)58-55-52-49-46-43-40-37-30-27-24-21-18-15-12-9-6-3)72-66(69)60-57-54-51-48-45-42-39-36-34-32-29-26-23-20-17-14-11-8-5-2/h16,19,25,28,63H,4-15,17-18,20-24,26-27,29-62H2,1-3H3/b19-16-,28-25-. The van der Waals surface area contributed by atoms with Crippen LogP contribution in [0, 0.1) is 0 Å². The van der Waals surface area contributed by atoms with E-state index in [1.165, 1.54) is 257 Å². The molecule has 6 nitrogen and oxygen atoms in total. The molecular formula is C66H124O6. The topological polar surface area (TPSA) is 78.9 Å². The fraction of sp³-hybridized carbons (Fsp3) is 0.894. The van der Waals surface area contributed by atoms with E-state index in [-0.39, 0.29) is 31.1 Å². The third kappa shape index (κ3) is 58.8. The van der Waals surface area contributed by atoms with E-state index in [1.54, 1.807) is 0 Å². The molecule has 1 atom stereocenters. The van der Waals surface area contributed by atoms with Crippen LogP contribution in [0.4, 0.5) is 0 Å². The van der Waals surface area contributed by atoms with Crippen molar-refractivity contribution < 1.29 is 28.6 Å². The van der Waals surface area contributed by atoms with E-state index in [4.69, 9.17) is 14.2 Å². The molecule has 0 rings (SSSR count). The smallest absolute Gasteiger partial charge is 0.306 e. The summed E-state index contributed by atoms with van der Waals surface area (Å²) < 4.78 is 17.0.